The summed E-state index contributed by atoms with van der Waals surface area (Å²) in [5.41, 5.74) is 1.56. The number of aliphatic hydroxyl groups is 3. The number of hydrogen-bond acceptors (Lipinski definition) is 4. The molecule has 0 aliphatic rings. The summed E-state index contributed by atoms with van der Waals surface area (Å²) in [5.74, 6) is 0. The van der Waals surface area contributed by atoms with Crippen LogP contribution in [0.2, 0.25) is 0 Å². The summed E-state index contributed by atoms with van der Waals surface area (Å²) in [6.07, 6.45) is -0.803. The molecule has 18 heavy (non-hydrogen) atoms. The highest BCUT2D eigenvalue weighted by molar-refractivity contribution is 5.87. The highest BCUT2D eigenvalue weighted by Gasteiger charge is 2.06. The highest BCUT2D eigenvalue weighted by Crippen LogP contribution is 2.24. The molecule has 1 atom stereocenters. The van der Waals surface area contributed by atoms with Crippen molar-refractivity contribution >= 4 is 16.5 Å². The lowest BCUT2D eigenvalue weighted by molar-refractivity contribution is 0.105. The molecule has 0 amide bonds. The smallest absolute Gasteiger partial charge is 0.0942 e. The second-order valence-corrected chi connectivity index (χ2v) is 4.23. The lowest BCUT2D eigenvalue weighted by Gasteiger charge is -2.14. The van der Waals surface area contributed by atoms with Gasteiger partial charge < -0.3 is 20.6 Å². The molecule has 1 unspecified atom stereocenters. The van der Waals surface area contributed by atoms with Gasteiger partial charge in [-0.05, 0) is 22.9 Å². The summed E-state index contributed by atoms with van der Waals surface area (Å²) in [7, 11) is 0. The van der Waals surface area contributed by atoms with Crippen molar-refractivity contribution in [1.82, 2.24) is 0 Å². The van der Waals surface area contributed by atoms with E-state index >= 15 is 0 Å². The van der Waals surface area contributed by atoms with Gasteiger partial charge in [0.15, 0.2) is 0 Å². The normalized spacial score (nSPS) is 12.6. The molecule has 4 heteroatoms. The predicted molar refractivity (Wildman–Crippen MR) is 71.5 cm³/mol. The van der Waals surface area contributed by atoms with E-state index in [-0.39, 0.29) is 19.8 Å². The van der Waals surface area contributed by atoms with Gasteiger partial charge in [0, 0.05) is 17.8 Å². The zero-order valence-corrected chi connectivity index (χ0v) is 10.0. The molecule has 0 fully saturated rings. The van der Waals surface area contributed by atoms with Crippen molar-refractivity contribution in [3.8, 4) is 0 Å². The minimum atomic E-state index is -0.803. The number of aliphatic hydroxyl groups excluding tert-OH is 3. The average molecular weight is 247 g/mol. The van der Waals surface area contributed by atoms with Crippen molar-refractivity contribution in [3.05, 3.63) is 42.0 Å². The van der Waals surface area contributed by atoms with E-state index in [0.717, 1.165) is 22.0 Å². The van der Waals surface area contributed by atoms with Gasteiger partial charge in [0.05, 0.1) is 19.3 Å². The van der Waals surface area contributed by atoms with Crippen molar-refractivity contribution in [1.29, 1.82) is 0 Å². The minimum absolute atomic E-state index is 0.0671. The third kappa shape index (κ3) is 2.79. The van der Waals surface area contributed by atoms with E-state index in [9.17, 15) is 10.2 Å². The molecule has 2 rings (SSSR count). The van der Waals surface area contributed by atoms with Gasteiger partial charge in [0.1, 0.15) is 0 Å². The second kappa shape index (κ2) is 5.82. The predicted octanol–water partition coefficient (Wildman–Crippen LogP) is 1.10. The molecule has 0 aliphatic heterocycles. The highest BCUT2D eigenvalue weighted by atomic mass is 16.3. The number of anilines is 1. The Morgan fingerprint density at radius 2 is 1.72 bits per heavy atom. The molecule has 4 N–H and O–H groups in total. The zero-order valence-electron chi connectivity index (χ0n) is 10.0. The number of fused-ring (bicyclic) bond motifs is 1. The standard InChI is InChI=1S/C14H17NO3/c16-8-12-5-10-3-1-2-4-11(10)6-14(12)15-7-13(18)9-17/h1-6,13,15-18H,7-9H2. The molecule has 96 valence electrons. The van der Waals surface area contributed by atoms with E-state index in [1.54, 1.807) is 0 Å². The average Bonchev–Trinajstić information content (AvgIpc) is 2.43. The Hall–Kier alpha value is -1.62. The summed E-state index contributed by atoms with van der Waals surface area (Å²) < 4.78 is 0. The van der Waals surface area contributed by atoms with E-state index < -0.39 is 6.10 Å². The SMILES string of the molecule is OCc1cc2ccccc2cc1NCC(O)CO. The van der Waals surface area contributed by atoms with Crippen LogP contribution >= 0.6 is 0 Å². The largest absolute Gasteiger partial charge is 0.394 e. The fraction of sp³-hybridized carbons (Fsp3) is 0.286. The van der Waals surface area contributed by atoms with Crippen molar-refractivity contribution in [2.45, 2.75) is 12.7 Å². The fourth-order valence-corrected chi connectivity index (χ4v) is 1.88. The Morgan fingerprint density at radius 3 is 2.33 bits per heavy atom. The first kappa shape index (κ1) is 12.8. The van der Waals surface area contributed by atoms with Crippen molar-refractivity contribution in [3.63, 3.8) is 0 Å². The van der Waals surface area contributed by atoms with Crippen LogP contribution in [0.1, 0.15) is 5.56 Å². The Kier molecular flexibility index (Phi) is 4.15. The molecule has 0 saturated carbocycles. The summed E-state index contributed by atoms with van der Waals surface area (Å²) >= 11 is 0. The maximum absolute atomic E-state index is 9.35. The van der Waals surface area contributed by atoms with Crippen molar-refractivity contribution in [2.75, 3.05) is 18.5 Å². The van der Waals surface area contributed by atoms with E-state index in [1.807, 2.05) is 36.4 Å². The van der Waals surface area contributed by atoms with Crippen LogP contribution in [0, 0.1) is 0 Å². The summed E-state index contributed by atoms with van der Waals surface area (Å²) in [4.78, 5) is 0. The van der Waals surface area contributed by atoms with Gasteiger partial charge in [-0.25, -0.2) is 0 Å². The van der Waals surface area contributed by atoms with Crippen LogP contribution in [0.3, 0.4) is 0 Å². The molecule has 0 radical (unpaired) electrons. The van der Waals surface area contributed by atoms with Crippen molar-refractivity contribution < 1.29 is 15.3 Å². The zero-order chi connectivity index (χ0) is 13.0. The first-order valence-electron chi connectivity index (χ1n) is 5.90. The van der Waals surface area contributed by atoms with Crippen molar-refractivity contribution in [2.24, 2.45) is 0 Å². The van der Waals surface area contributed by atoms with Crippen LogP contribution in [-0.2, 0) is 6.61 Å². The topological polar surface area (TPSA) is 72.7 Å². The van der Waals surface area contributed by atoms with Crippen LogP contribution in [0.4, 0.5) is 5.69 Å². The Balaban J connectivity index is 2.30. The summed E-state index contributed by atoms with van der Waals surface area (Å²) in [5, 5.41) is 32.6. The first-order valence-corrected chi connectivity index (χ1v) is 5.90. The molecular formula is C14H17NO3. The van der Waals surface area contributed by atoms with Crippen LogP contribution in [-0.4, -0.2) is 34.6 Å². The molecule has 0 heterocycles. The number of nitrogens with one attached hydrogen (secondary N) is 1. The number of hydrogen-bond donors (Lipinski definition) is 4. The molecule has 0 aliphatic carbocycles. The quantitative estimate of drug-likeness (QED) is 0.638. The lowest BCUT2D eigenvalue weighted by Crippen LogP contribution is -2.23. The molecule has 4 nitrogen and oxygen atoms in total. The van der Waals surface area contributed by atoms with Gasteiger partial charge in [-0.3, -0.25) is 0 Å². The van der Waals surface area contributed by atoms with Crippen LogP contribution in [0.25, 0.3) is 10.8 Å². The maximum Gasteiger partial charge on any atom is 0.0942 e. The molecule has 0 aromatic heterocycles. The molecule has 0 spiro atoms. The number of rotatable bonds is 5. The molecule has 0 saturated heterocycles. The minimum Gasteiger partial charge on any atom is -0.394 e. The monoisotopic (exact) mass is 247 g/mol. The van der Waals surface area contributed by atoms with Crippen LogP contribution < -0.4 is 5.32 Å². The molecule has 0 bridgehead atoms. The van der Waals surface area contributed by atoms with Gasteiger partial charge in [0.2, 0.25) is 0 Å². The molecule has 2 aromatic rings. The first-order chi connectivity index (χ1) is 8.74. The third-order valence-electron chi connectivity index (χ3n) is 2.88. The Bertz CT molecular complexity index is 527. The lowest BCUT2D eigenvalue weighted by atomic mass is 10.1. The molecule has 2 aromatic carbocycles. The number of benzene rings is 2. The van der Waals surface area contributed by atoms with Gasteiger partial charge in [0.25, 0.3) is 0 Å². The third-order valence-corrected chi connectivity index (χ3v) is 2.88. The maximum atomic E-state index is 9.35. The second-order valence-electron chi connectivity index (χ2n) is 4.23. The fourth-order valence-electron chi connectivity index (χ4n) is 1.88. The van der Waals surface area contributed by atoms with E-state index in [0.29, 0.717) is 0 Å². The van der Waals surface area contributed by atoms with E-state index in [4.69, 9.17) is 5.11 Å². The van der Waals surface area contributed by atoms with Gasteiger partial charge in [-0.2, -0.15) is 0 Å². The van der Waals surface area contributed by atoms with E-state index in [1.165, 1.54) is 0 Å². The van der Waals surface area contributed by atoms with Gasteiger partial charge in [-0.15, -0.1) is 0 Å². The summed E-state index contributed by atoms with van der Waals surface area (Å²) in [6.45, 7) is -0.0979. The summed E-state index contributed by atoms with van der Waals surface area (Å²) in [6, 6.07) is 11.7. The van der Waals surface area contributed by atoms with E-state index in [2.05, 4.69) is 5.32 Å². The van der Waals surface area contributed by atoms with Crippen LogP contribution in [0.5, 0.6) is 0 Å². The molecular weight excluding hydrogens is 230 g/mol. The Labute approximate surface area is 106 Å². The van der Waals surface area contributed by atoms with Crippen LogP contribution in [0.15, 0.2) is 36.4 Å². The van der Waals surface area contributed by atoms with Gasteiger partial charge in [-0.1, -0.05) is 24.3 Å². The Morgan fingerprint density at radius 1 is 1.06 bits per heavy atom. The van der Waals surface area contributed by atoms with Gasteiger partial charge >= 0.3 is 0 Å².